The summed E-state index contributed by atoms with van der Waals surface area (Å²) in [6.07, 6.45) is 0.246. The SMILES string of the molecule is O=C1CCC(=O)N[C@H](Cc2cccs2)C(=O)N[C@@H](Cc2ccc(-c3ccccc3)cc2)C(=O)N[C@H](CCc2ccccc2)C(=O)N[C@H](C(=O)O)Cc2ccc(cc2)N1. The van der Waals surface area contributed by atoms with Crippen LogP contribution in [-0.2, 0) is 54.5 Å². The summed E-state index contributed by atoms with van der Waals surface area (Å²) in [7, 11) is 0. The number of carbonyl (C=O) groups excluding carboxylic acids is 5. The molecular weight excluding hydrogens is 755 g/mol. The molecule has 0 radical (unpaired) electrons. The highest BCUT2D eigenvalue weighted by molar-refractivity contribution is 7.09. The van der Waals surface area contributed by atoms with Gasteiger partial charge in [0.1, 0.15) is 24.2 Å². The highest BCUT2D eigenvalue weighted by Gasteiger charge is 2.32. The lowest BCUT2D eigenvalue weighted by molar-refractivity contribution is -0.142. The van der Waals surface area contributed by atoms with E-state index < -0.39 is 59.7 Å². The third-order valence-electron chi connectivity index (χ3n) is 9.84. The van der Waals surface area contributed by atoms with E-state index in [9.17, 15) is 33.9 Å². The van der Waals surface area contributed by atoms with Gasteiger partial charge in [0.25, 0.3) is 0 Å². The van der Waals surface area contributed by atoms with Crippen molar-refractivity contribution in [1.82, 2.24) is 21.3 Å². The Hall–Kier alpha value is -6.60. The number of anilines is 1. The van der Waals surface area contributed by atoms with Crippen molar-refractivity contribution in [3.05, 3.63) is 148 Å². The molecule has 0 saturated carbocycles. The lowest BCUT2D eigenvalue weighted by atomic mass is 9.99. The molecule has 1 aromatic heterocycles. The van der Waals surface area contributed by atoms with Crippen molar-refractivity contribution in [1.29, 1.82) is 0 Å². The van der Waals surface area contributed by atoms with E-state index in [1.165, 1.54) is 11.3 Å². The van der Waals surface area contributed by atoms with E-state index in [0.29, 0.717) is 17.7 Å². The fourth-order valence-electron chi connectivity index (χ4n) is 6.67. The zero-order valence-corrected chi connectivity index (χ0v) is 32.5. The van der Waals surface area contributed by atoms with Crippen molar-refractivity contribution >= 4 is 52.5 Å². The maximum Gasteiger partial charge on any atom is 0.326 e. The first-order valence-electron chi connectivity index (χ1n) is 19.1. The van der Waals surface area contributed by atoms with Crippen LogP contribution in [0, 0.1) is 0 Å². The predicted octanol–water partition coefficient (Wildman–Crippen LogP) is 4.83. The van der Waals surface area contributed by atoms with Crippen LogP contribution in [0.4, 0.5) is 5.69 Å². The summed E-state index contributed by atoms with van der Waals surface area (Å²) in [5.74, 6) is -4.22. The molecule has 6 N–H and O–H groups in total. The molecule has 2 bridgehead atoms. The summed E-state index contributed by atoms with van der Waals surface area (Å²) in [6, 6.07) is 32.1. The normalized spacial score (nSPS) is 19.8. The Labute approximate surface area is 340 Å². The summed E-state index contributed by atoms with van der Waals surface area (Å²) in [4.78, 5) is 81.9. The van der Waals surface area contributed by atoms with Gasteiger partial charge in [0.15, 0.2) is 0 Å². The number of thiophene rings is 1. The summed E-state index contributed by atoms with van der Waals surface area (Å²) in [5.41, 5.74) is 4.61. The van der Waals surface area contributed by atoms with E-state index in [1.54, 1.807) is 24.3 Å². The molecule has 13 heteroatoms. The molecule has 2 aliphatic rings. The third-order valence-corrected chi connectivity index (χ3v) is 10.7. The summed E-state index contributed by atoms with van der Waals surface area (Å²) in [5, 5.41) is 25.8. The van der Waals surface area contributed by atoms with E-state index in [-0.39, 0.29) is 38.5 Å². The van der Waals surface area contributed by atoms with Crippen molar-refractivity contribution in [3.8, 4) is 11.1 Å². The van der Waals surface area contributed by atoms with E-state index >= 15 is 0 Å². The van der Waals surface area contributed by atoms with Crippen LogP contribution in [0.2, 0.25) is 0 Å². The van der Waals surface area contributed by atoms with E-state index in [4.69, 9.17) is 0 Å². The molecule has 4 atom stereocenters. The Balaban J connectivity index is 1.33. The molecule has 12 nitrogen and oxygen atoms in total. The van der Waals surface area contributed by atoms with Gasteiger partial charge < -0.3 is 31.7 Å². The lowest BCUT2D eigenvalue weighted by Gasteiger charge is -2.26. The molecule has 58 heavy (non-hydrogen) atoms. The van der Waals surface area contributed by atoms with Gasteiger partial charge in [-0.25, -0.2) is 4.79 Å². The van der Waals surface area contributed by atoms with Crippen LogP contribution >= 0.6 is 11.3 Å². The van der Waals surface area contributed by atoms with Gasteiger partial charge in [0.2, 0.25) is 29.5 Å². The zero-order valence-electron chi connectivity index (χ0n) is 31.7. The van der Waals surface area contributed by atoms with E-state index in [1.807, 2.05) is 102 Å². The fraction of sp³-hybridized carbons (Fsp3) is 0.244. The number of amides is 5. The standard InChI is InChI=1S/C45H45N5O7S/c51-40-23-24-41(52)47-38(28-35-12-7-25-58-35)44(55)49-37(26-30-13-18-33(19-14-30)32-10-5-2-6-11-32)43(54)48-36(22-17-29-8-3-1-4-9-29)42(53)50-39(45(56)57)27-31-15-20-34(46-40)21-16-31/h1-16,18-21,25,36-39H,17,22-24,26-28H2,(H,46,51)(H,47,52)(H,48,54)(H,49,55)(H,50,53)(H,56,57)/t36-,37+,38-,39+/m1/s1. The summed E-state index contributed by atoms with van der Waals surface area (Å²) < 4.78 is 0. The van der Waals surface area contributed by atoms with Gasteiger partial charge in [-0.05, 0) is 64.2 Å². The summed E-state index contributed by atoms with van der Waals surface area (Å²) >= 11 is 1.41. The van der Waals surface area contributed by atoms with Gasteiger partial charge in [0.05, 0.1) is 0 Å². The number of rotatable bonds is 9. The van der Waals surface area contributed by atoms with Crippen LogP contribution in [0.5, 0.6) is 0 Å². The van der Waals surface area contributed by atoms with Gasteiger partial charge >= 0.3 is 5.97 Å². The molecule has 2 aliphatic heterocycles. The Morgan fingerprint density at radius 2 is 1.19 bits per heavy atom. The number of aliphatic carboxylic acids is 1. The minimum absolute atomic E-state index is 0.0348. The zero-order chi connectivity index (χ0) is 40.9. The van der Waals surface area contributed by atoms with Crippen molar-refractivity contribution in [3.63, 3.8) is 0 Å². The minimum atomic E-state index is -1.34. The quantitative estimate of drug-likeness (QED) is 0.116. The van der Waals surface area contributed by atoms with Gasteiger partial charge in [-0.15, -0.1) is 11.3 Å². The third kappa shape index (κ3) is 12.0. The second-order valence-corrected chi connectivity index (χ2v) is 15.2. The van der Waals surface area contributed by atoms with Crippen molar-refractivity contribution in [2.75, 3.05) is 5.32 Å². The van der Waals surface area contributed by atoms with Crippen LogP contribution in [0.15, 0.2) is 127 Å². The number of carboxylic acid groups (broad SMARTS) is 1. The van der Waals surface area contributed by atoms with Crippen LogP contribution in [-0.4, -0.2) is 64.8 Å². The topological polar surface area (TPSA) is 183 Å². The predicted molar refractivity (Wildman–Crippen MR) is 222 cm³/mol. The van der Waals surface area contributed by atoms with Gasteiger partial charge in [-0.3, -0.25) is 24.0 Å². The maximum absolute atomic E-state index is 14.4. The first-order valence-corrected chi connectivity index (χ1v) is 20.0. The molecule has 0 aliphatic carbocycles. The minimum Gasteiger partial charge on any atom is -0.480 e. The Kier molecular flexibility index (Phi) is 14.2. The first-order chi connectivity index (χ1) is 28.1. The lowest BCUT2D eigenvalue weighted by Crippen LogP contribution is -2.58. The van der Waals surface area contributed by atoms with Crippen molar-refractivity contribution in [2.45, 2.75) is 69.1 Å². The van der Waals surface area contributed by atoms with Crippen LogP contribution in [0.25, 0.3) is 11.1 Å². The van der Waals surface area contributed by atoms with Gasteiger partial charge in [-0.2, -0.15) is 0 Å². The highest BCUT2D eigenvalue weighted by atomic mass is 32.1. The molecule has 0 unspecified atom stereocenters. The molecule has 0 fully saturated rings. The van der Waals surface area contributed by atoms with Crippen LogP contribution in [0.1, 0.15) is 40.8 Å². The number of hydrogen-bond donors (Lipinski definition) is 6. The monoisotopic (exact) mass is 799 g/mol. The number of aryl methyl sites for hydroxylation is 1. The van der Waals surface area contributed by atoms with E-state index in [0.717, 1.165) is 27.1 Å². The maximum atomic E-state index is 14.4. The van der Waals surface area contributed by atoms with Gasteiger partial charge in [0, 0.05) is 42.7 Å². The molecule has 3 heterocycles. The van der Waals surface area contributed by atoms with Gasteiger partial charge in [-0.1, -0.05) is 103 Å². The van der Waals surface area contributed by atoms with Crippen LogP contribution in [0.3, 0.4) is 0 Å². The molecule has 0 saturated heterocycles. The molecule has 0 spiro atoms. The largest absolute Gasteiger partial charge is 0.480 e. The fourth-order valence-corrected chi connectivity index (χ4v) is 7.42. The summed E-state index contributed by atoms with van der Waals surface area (Å²) in [6.45, 7) is 0. The van der Waals surface area contributed by atoms with Crippen molar-refractivity contribution < 1.29 is 33.9 Å². The Morgan fingerprint density at radius 1 is 0.586 bits per heavy atom. The number of hydrogen-bond acceptors (Lipinski definition) is 7. The highest BCUT2D eigenvalue weighted by Crippen LogP contribution is 2.21. The molecule has 7 rings (SSSR count). The molecular formula is C45H45N5O7S. The smallest absolute Gasteiger partial charge is 0.326 e. The number of carboxylic acids is 1. The number of carbonyl (C=O) groups is 6. The Morgan fingerprint density at radius 3 is 1.84 bits per heavy atom. The number of nitrogens with one attached hydrogen (secondary N) is 5. The average Bonchev–Trinajstić information content (AvgIpc) is 3.75. The average molecular weight is 800 g/mol. The molecule has 298 valence electrons. The second kappa shape index (κ2) is 20.0. The van der Waals surface area contributed by atoms with E-state index in [2.05, 4.69) is 26.6 Å². The molecule has 5 aromatic rings. The number of fused-ring (bicyclic) bond motifs is 18. The molecule has 5 amide bonds. The molecule has 4 aromatic carbocycles. The first kappa shape index (κ1) is 41.0. The number of benzene rings is 4. The second-order valence-electron chi connectivity index (χ2n) is 14.2. The van der Waals surface area contributed by atoms with Crippen molar-refractivity contribution in [2.24, 2.45) is 0 Å². The van der Waals surface area contributed by atoms with Crippen LogP contribution < -0.4 is 26.6 Å². The Bertz CT molecular complexity index is 2180.